The van der Waals surface area contributed by atoms with E-state index in [1.54, 1.807) is 18.9 Å². The number of nitrogens with zero attached hydrogens (tertiary/aromatic N) is 1. The number of hydrogen-bond acceptors (Lipinski definition) is 3. The molecule has 0 saturated carbocycles. The number of aryl methyl sites for hydroxylation is 2. The molecule has 1 atom stereocenters. The quantitative estimate of drug-likeness (QED) is 0.913. The minimum atomic E-state index is -1.08. The maximum Gasteiger partial charge on any atom is 0.339 e. The summed E-state index contributed by atoms with van der Waals surface area (Å²) >= 11 is 0. The van der Waals surface area contributed by atoms with Crippen molar-refractivity contribution in [2.45, 2.75) is 33.2 Å². The van der Waals surface area contributed by atoms with Crippen LogP contribution in [-0.4, -0.2) is 28.9 Å². The zero-order valence-corrected chi connectivity index (χ0v) is 13.8. The van der Waals surface area contributed by atoms with Gasteiger partial charge in [0.15, 0.2) is 5.76 Å². The summed E-state index contributed by atoms with van der Waals surface area (Å²) in [6.07, 6.45) is 0.423. The number of carboxylic acids is 1. The minimum Gasteiger partial charge on any atom is -0.478 e. The van der Waals surface area contributed by atoms with Crippen molar-refractivity contribution in [1.82, 2.24) is 4.90 Å². The van der Waals surface area contributed by atoms with Crippen LogP contribution in [0.5, 0.6) is 0 Å². The van der Waals surface area contributed by atoms with E-state index in [1.165, 1.54) is 6.07 Å². The van der Waals surface area contributed by atoms with Crippen molar-refractivity contribution in [3.63, 3.8) is 0 Å². The molecule has 0 saturated heterocycles. The number of carboxylic acid groups (broad SMARTS) is 1. The van der Waals surface area contributed by atoms with Gasteiger partial charge < -0.3 is 14.4 Å². The minimum absolute atomic E-state index is 0.0484. The second kappa shape index (κ2) is 6.69. The number of carbonyl (C=O) groups is 2. The van der Waals surface area contributed by atoms with Crippen LogP contribution in [-0.2, 0) is 6.42 Å². The molecule has 0 bridgehead atoms. The summed E-state index contributed by atoms with van der Waals surface area (Å²) < 4.78 is 5.44. The van der Waals surface area contributed by atoms with Crippen molar-refractivity contribution >= 4 is 11.9 Å². The average Bonchev–Trinajstić information content (AvgIpc) is 2.98. The predicted octanol–water partition coefficient (Wildman–Crippen LogP) is 3.68. The number of rotatable bonds is 5. The lowest BCUT2D eigenvalue weighted by Crippen LogP contribution is -2.29. The Labute approximate surface area is 135 Å². The van der Waals surface area contributed by atoms with E-state index in [-0.39, 0.29) is 23.3 Å². The van der Waals surface area contributed by atoms with Crippen molar-refractivity contribution in [3.05, 3.63) is 58.5 Å². The second-order valence-electron chi connectivity index (χ2n) is 5.61. The maximum absolute atomic E-state index is 12.6. The fraction of sp³-hybridized carbons (Fsp3) is 0.333. The highest BCUT2D eigenvalue weighted by molar-refractivity contribution is 5.96. The number of hydrogen-bond donors (Lipinski definition) is 1. The number of aromatic carboxylic acids is 1. The van der Waals surface area contributed by atoms with Gasteiger partial charge in [-0.25, -0.2) is 4.79 Å². The molecule has 2 aromatic rings. The van der Waals surface area contributed by atoms with Crippen LogP contribution in [0, 0.1) is 6.92 Å². The zero-order valence-electron chi connectivity index (χ0n) is 13.8. The third-order valence-corrected chi connectivity index (χ3v) is 4.03. The molecule has 1 aromatic carbocycles. The highest BCUT2D eigenvalue weighted by Crippen LogP contribution is 2.23. The van der Waals surface area contributed by atoms with Crippen LogP contribution < -0.4 is 0 Å². The average molecular weight is 315 g/mol. The van der Waals surface area contributed by atoms with E-state index in [0.717, 1.165) is 11.1 Å². The summed E-state index contributed by atoms with van der Waals surface area (Å²) in [6.45, 7) is 5.72. The van der Waals surface area contributed by atoms with Crippen LogP contribution in [0.25, 0.3) is 0 Å². The molecule has 1 heterocycles. The summed E-state index contributed by atoms with van der Waals surface area (Å²) in [5.41, 5.74) is 2.21. The first-order chi connectivity index (χ1) is 10.8. The largest absolute Gasteiger partial charge is 0.478 e. The Morgan fingerprint density at radius 1 is 1.26 bits per heavy atom. The van der Waals surface area contributed by atoms with Gasteiger partial charge >= 0.3 is 5.97 Å². The molecule has 1 N–H and O–H groups in total. The van der Waals surface area contributed by atoms with Crippen LogP contribution in [0.1, 0.15) is 57.7 Å². The third kappa shape index (κ3) is 3.44. The maximum atomic E-state index is 12.6. The Morgan fingerprint density at radius 3 is 2.35 bits per heavy atom. The topological polar surface area (TPSA) is 70.8 Å². The highest BCUT2D eigenvalue weighted by atomic mass is 16.4. The first-order valence-electron chi connectivity index (χ1n) is 7.54. The van der Waals surface area contributed by atoms with E-state index in [0.29, 0.717) is 12.2 Å². The van der Waals surface area contributed by atoms with E-state index in [2.05, 4.69) is 0 Å². The molecule has 5 heteroatoms. The van der Waals surface area contributed by atoms with E-state index in [4.69, 9.17) is 9.52 Å². The first kappa shape index (κ1) is 16.8. The van der Waals surface area contributed by atoms with Gasteiger partial charge in [-0.15, -0.1) is 0 Å². The van der Waals surface area contributed by atoms with Crippen LogP contribution in [0.3, 0.4) is 0 Å². The van der Waals surface area contributed by atoms with Crippen molar-refractivity contribution < 1.29 is 19.1 Å². The molecule has 0 aliphatic rings. The van der Waals surface area contributed by atoms with Crippen molar-refractivity contribution in [3.8, 4) is 0 Å². The molecule has 1 aromatic heterocycles. The van der Waals surface area contributed by atoms with Crippen molar-refractivity contribution in [1.29, 1.82) is 0 Å². The van der Waals surface area contributed by atoms with Gasteiger partial charge in [-0.05, 0) is 19.4 Å². The molecule has 0 radical (unpaired) electrons. The lowest BCUT2D eigenvalue weighted by Gasteiger charge is -2.24. The Morgan fingerprint density at radius 2 is 1.87 bits per heavy atom. The molecule has 0 fully saturated rings. The van der Waals surface area contributed by atoms with Gasteiger partial charge in [-0.3, -0.25) is 4.79 Å². The molecule has 0 aliphatic carbocycles. The third-order valence-electron chi connectivity index (χ3n) is 4.03. The predicted molar refractivity (Wildman–Crippen MR) is 86.7 cm³/mol. The van der Waals surface area contributed by atoms with Crippen LogP contribution >= 0.6 is 0 Å². The van der Waals surface area contributed by atoms with Gasteiger partial charge in [0.1, 0.15) is 11.3 Å². The van der Waals surface area contributed by atoms with Crippen LogP contribution in [0.15, 0.2) is 34.7 Å². The molecule has 2 rings (SSSR count). The summed E-state index contributed by atoms with van der Waals surface area (Å²) in [6, 6.07) is 9.11. The SMILES string of the molecule is CCc1oc(C(=O)N(C)C(C)c2ccc(C)cc2)cc1C(=O)O. The normalized spacial score (nSPS) is 12.0. The lowest BCUT2D eigenvalue weighted by molar-refractivity contribution is 0.0689. The smallest absolute Gasteiger partial charge is 0.339 e. The Balaban J connectivity index is 2.25. The molecule has 1 unspecified atom stereocenters. The number of carbonyl (C=O) groups excluding carboxylic acids is 1. The van der Waals surface area contributed by atoms with Crippen molar-refractivity contribution in [2.75, 3.05) is 7.05 Å². The molecular formula is C18H21NO4. The summed E-state index contributed by atoms with van der Waals surface area (Å²) in [4.78, 5) is 25.3. The number of furan rings is 1. The molecule has 0 spiro atoms. The molecule has 0 aliphatic heterocycles. The molecular weight excluding hydrogens is 294 g/mol. The number of benzene rings is 1. The summed E-state index contributed by atoms with van der Waals surface area (Å²) in [5.74, 6) is -1.04. The van der Waals surface area contributed by atoms with Gasteiger partial charge in [-0.1, -0.05) is 36.8 Å². The van der Waals surface area contributed by atoms with Gasteiger partial charge in [0.2, 0.25) is 0 Å². The zero-order chi connectivity index (χ0) is 17.1. The second-order valence-corrected chi connectivity index (χ2v) is 5.61. The monoisotopic (exact) mass is 315 g/mol. The summed E-state index contributed by atoms with van der Waals surface area (Å²) in [7, 11) is 1.68. The van der Waals surface area contributed by atoms with Gasteiger partial charge in [0.05, 0.1) is 6.04 Å². The van der Waals surface area contributed by atoms with E-state index in [1.807, 2.05) is 38.1 Å². The molecule has 122 valence electrons. The van der Waals surface area contributed by atoms with Crippen LogP contribution in [0.2, 0.25) is 0 Å². The van der Waals surface area contributed by atoms with Crippen LogP contribution in [0.4, 0.5) is 0 Å². The Kier molecular flexibility index (Phi) is 4.89. The number of amides is 1. The standard InChI is InChI=1S/C18H21NO4/c1-5-15-14(18(21)22)10-16(23-15)17(20)19(4)12(3)13-8-6-11(2)7-9-13/h6-10,12H,5H2,1-4H3,(H,21,22). The van der Waals surface area contributed by atoms with Gasteiger partial charge in [0, 0.05) is 19.5 Å². The summed E-state index contributed by atoms with van der Waals surface area (Å²) in [5, 5.41) is 9.16. The lowest BCUT2D eigenvalue weighted by atomic mass is 10.1. The highest BCUT2D eigenvalue weighted by Gasteiger charge is 2.25. The Hall–Kier alpha value is -2.56. The van der Waals surface area contributed by atoms with Gasteiger partial charge in [0.25, 0.3) is 5.91 Å². The van der Waals surface area contributed by atoms with Gasteiger partial charge in [-0.2, -0.15) is 0 Å². The van der Waals surface area contributed by atoms with Crippen molar-refractivity contribution in [2.24, 2.45) is 0 Å². The first-order valence-corrected chi connectivity index (χ1v) is 7.54. The fourth-order valence-corrected chi connectivity index (χ4v) is 2.40. The van der Waals surface area contributed by atoms with E-state index >= 15 is 0 Å². The van der Waals surface area contributed by atoms with E-state index in [9.17, 15) is 9.59 Å². The molecule has 5 nitrogen and oxygen atoms in total. The fourth-order valence-electron chi connectivity index (χ4n) is 2.40. The molecule has 1 amide bonds. The van der Waals surface area contributed by atoms with E-state index < -0.39 is 5.97 Å². The Bertz CT molecular complexity index is 715. The molecule has 23 heavy (non-hydrogen) atoms.